The van der Waals surface area contributed by atoms with Crippen molar-refractivity contribution in [3.63, 3.8) is 0 Å². The number of halogens is 1. The Morgan fingerprint density at radius 2 is 2.05 bits per heavy atom. The minimum Gasteiger partial charge on any atom is -0.366 e. The van der Waals surface area contributed by atoms with E-state index >= 15 is 0 Å². The molecule has 5 heteroatoms. The van der Waals surface area contributed by atoms with Crippen molar-refractivity contribution in [2.24, 2.45) is 16.9 Å². The van der Waals surface area contributed by atoms with Crippen molar-refractivity contribution in [3.8, 4) is 0 Å². The highest BCUT2D eigenvalue weighted by molar-refractivity contribution is 6.31. The normalized spacial score (nSPS) is 11.9. The van der Waals surface area contributed by atoms with Crippen molar-refractivity contribution in [2.45, 2.75) is 20.4 Å². The summed E-state index contributed by atoms with van der Waals surface area (Å²) in [6.07, 6.45) is 0. The third-order valence-electron chi connectivity index (χ3n) is 3.03. The molecular weight excluding hydrogens is 262 g/mol. The topological polar surface area (TPSA) is 72.3 Å². The van der Waals surface area contributed by atoms with Gasteiger partial charge in [-0.15, -0.1) is 0 Å². The van der Waals surface area contributed by atoms with Crippen LogP contribution in [0.4, 0.5) is 0 Å². The highest BCUT2D eigenvalue weighted by Crippen LogP contribution is 2.21. The largest absolute Gasteiger partial charge is 0.366 e. The van der Waals surface area contributed by atoms with Gasteiger partial charge in [-0.3, -0.25) is 4.79 Å². The quantitative estimate of drug-likeness (QED) is 0.837. The molecule has 1 aromatic carbocycles. The zero-order chi connectivity index (χ0) is 14.6. The van der Waals surface area contributed by atoms with Crippen LogP contribution in [0.5, 0.6) is 0 Å². The molecule has 0 fully saturated rings. The van der Waals surface area contributed by atoms with Crippen LogP contribution in [0.25, 0.3) is 0 Å². The zero-order valence-electron chi connectivity index (χ0n) is 11.7. The SMILES string of the molecule is CN(Cc1ccc(C(N)=O)cc1Cl)CC(C)(C)CN. The van der Waals surface area contributed by atoms with Crippen LogP contribution < -0.4 is 11.5 Å². The second-order valence-corrected chi connectivity index (χ2v) is 6.12. The van der Waals surface area contributed by atoms with E-state index < -0.39 is 5.91 Å². The van der Waals surface area contributed by atoms with Crippen LogP contribution in [0, 0.1) is 5.41 Å². The van der Waals surface area contributed by atoms with Crippen LogP contribution in [0.1, 0.15) is 29.8 Å². The molecule has 0 aliphatic heterocycles. The maximum absolute atomic E-state index is 11.1. The molecule has 1 aromatic rings. The summed E-state index contributed by atoms with van der Waals surface area (Å²) < 4.78 is 0. The van der Waals surface area contributed by atoms with E-state index in [0.29, 0.717) is 23.7 Å². The molecule has 0 atom stereocenters. The fourth-order valence-electron chi connectivity index (χ4n) is 1.97. The summed E-state index contributed by atoms with van der Waals surface area (Å²) in [6.45, 7) is 6.47. The second kappa shape index (κ2) is 6.37. The van der Waals surface area contributed by atoms with Crippen molar-refractivity contribution in [2.75, 3.05) is 20.1 Å². The first-order chi connectivity index (χ1) is 8.75. The average molecular weight is 284 g/mol. The average Bonchev–Trinajstić information content (AvgIpc) is 2.30. The summed E-state index contributed by atoms with van der Waals surface area (Å²) in [6, 6.07) is 5.15. The van der Waals surface area contributed by atoms with Crippen LogP contribution in [-0.2, 0) is 6.54 Å². The molecule has 0 saturated heterocycles. The number of benzene rings is 1. The molecule has 4 nitrogen and oxygen atoms in total. The molecule has 0 unspecified atom stereocenters. The van der Waals surface area contributed by atoms with E-state index in [0.717, 1.165) is 12.1 Å². The second-order valence-electron chi connectivity index (χ2n) is 5.71. The highest BCUT2D eigenvalue weighted by atomic mass is 35.5. The molecular formula is C14H22ClN3O. The van der Waals surface area contributed by atoms with Crippen LogP contribution in [0.2, 0.25) is 5.02 Å². The number of rotatable bonds is 6. The smallest absolute Gasteiger partial charge is 0.248 e. The van der Waals surface area contributed by atoms with Crippen LogP contribution in [0.15, 0.2) is 18.2 Å². The Bertz CT molecular complexity index is 460. The Hall–Kier alpha value is -1.10. The monoisotopic (exact) mass is 283 g/mol. The molecule has 0 spiro atoms. The molecule has 0 bridgehead atoms. The Morgan fingerprint density at radius 1 is 1.42 bits per heavy atom. The predicted molar refractivity (Wildman–Crippen MR) is 79.1 cm³/mol. The number of primary amides is 1. The molecule has 0 aliphatic rings. The van der Waals surface area contributed by atoms with Crippen molar-refractivity contribution >= 4 is 17.5 Å². The first kappa shape index (κ1) is 16.0. The number of hydrogen-bond donors (Lipinski definition) is 2. The van der Waals surface area contributed by atoms with Gasteiger partial charge in [0, 0.05) is 23.7 Å². The minimum atomic E-state index is -0.467. The molecule has 0 radical (unpaired) electrons. The Morgan fingerprint density at radius 3 is 2.53 bits per heavy atom. The van der Waals surface area contributed by atoms with E-state index in [2.05, 4.69) is 18.7 Å². The third-order valence-corrected chi connectivity index (χ3v) is 3.38. The van der Waals surface area contributed by atoms with Crippen molar-refractivity contribution in [3.05, 3.63) is 34.3 Å². The van der Waals surface area contributed by atoms with Gasteiger partial charge in [-0.2, -0.15) is 0 Å². The molecule has 19 heavy (non-hydrogen) atoms. The lowest BCUT2D eigenvalue weighted by Crippen LogP contribution is -2.36. The van der Waals surface area contributed by atoms with Gasteiger partial charge in [0.25, 0.3) is 0 Å². The van der Waals surface area contributed by atoms with Gasteiger partial charge in [0.2, 0.25) is 5.91 Å². The maximum Gasteiger partial charge on any atom is 0.248 e. The molecule has 4 N–H and O–H groups in total. The molecule has 0 heterocycles. The summed E-state index contributed by atoms with van der Waals surface area (Å²) in [7, 11) is 2.02. The number of nitrogens with two attached hydrogens (primary N) is 2. The van der Waals surface area contributed by atoms with Gasteiger partial charge in [-0.05, 0) is 36.7 Å². The molecule has 106 valence electrons. The van der Waals surface area contributed by atoms with Crippen LogP contribution in [0.3, 0.4) is 0 Å². The molecule has 1 amide bonds. The highest BCUT2D eigenvalue weighted by Gasteiger charge is 2.18. The van der Waals surface area contributed by atoms with E-state index in [1.165, 1.54) is 0 Å². The van der Waals surface area contributed by atoms with E-state index in [9.17, 15) is 4.79 Å². The summed E-state index contributed by atoms with van der Waals surface area (Å²) in [5, 5.41) is 0.564. The molecule has 0 aliphatic carbocycles. The Labute approximate surface area is 119 Å². The first-order valence-electron chi connectivity index (χ1n) is 6.22. The third kappa shape index (κ3) is 4.82. The van der Waals surface area contributed by atoms with Crippen molar-refractivity contribution in [1.29, 1.82) is 0 Å². The van der Waals surface area contributed by atoms with Gasteiger partial charge < -0.3 is 16.4 Å². The summed E-state index contributed by atoms with van der Waals surface area (Å²) in [5.74, 6) is -0.467. The van der Waals surface area contributed by atoms with Gasteiger partial charge in [-0.25, -0.2) is 0 Å². The van der Waals surface area contributed by atoms with E-state index in [1.54, 1.807) is 12.1 Å². The lowest BCUT2D eigenvalue weighted by molar-refractivity contribution is 0.100. The van der Waals surface area contributed by atoms with Crippen LogP contribution >= 0.6 is 11.6 Å². The fraction of sp³-hybridized carbons (Fsp3) is 0.500. The van der Waals surface area contributed by atoms with Gasteiger partial charge in [0.1, 0.15) is 0 Å². The van der Waals surface area contributed by atoms with Gasteiger partial charge in [0.15, 0.2) is 0 Å². The number of carbonyl (C=O) groups excluding carboxylic acids is 1. The predicted octanol–water partition coefficient (Wildman–Crippen LogP) is 1.86. The van der Waals surface area contributed by atoms with Crippen molar-refractivity contribution < 1.29 is 4.79 Å². The maximum atomic E-state index is 11.1. The van der Waals surface area contributed by atoms with Gasteiger partial charge in [-0.1, -0.05) is 31.5 Å². The molecule has 1 rings (SSSR count). The standard InChI is InChI=1S/C14H22ClN3O/c1-14(2,8-16)9-18(3)7-11-5-4-10(13(17)19)6-12(11)15/h4-6H,7-9,16H2,1-3H3,(H2,17,19). The Balaban J connectivity index is 2.75. The van der Waals surface area contributed by atoms with E-state index in [4.69, 9.17) is 23.1 Å². The number of amides is 1. The summed E-state index contributed by atoms with van der Waals surface area (Å²) in [4.78, 5) is 13.2. The Kier molecular flexibility index (Phi) is 5.35. The van der Waals surface area contributed by atoms with Crippen LogP contribution in [-0.4, -0.2) is 30.9 Å². The minimum absolute atomic E-state index is 0.0639. The summed E-state index contributed by atoms with van der Waals surface area (Å²) >= 11 is 6.16. The summed E-state index contributed by atoms with van der Waals surface area (Å²) in [5.41, 5.74) is 12.4. The van der Waals surface area contributed by atoms with Crippen molar-refractivity contribution in [1.82, 2.24) is 4.90 Å². The lowest BCUT2D eigenvalue weighted by atomic mass is 9.93. The zero-order valence-corrected chi connectivity index (χ0v) is 12.5. The lowest BCUT2D eigenvalue weighted by Gasteiger charge is -2.29. The molecule has 0 aromatic heterocycles. The van der Waals surface area contributed by atoms with Gasteiger partial charge in [0.05, 0.1) is 0 Å². The first-order valence-corrected chi connectivity index (χ1v) is 6.60. The fourth-order valence-corrected chi connectivity index (χ4v) is 2.21. The number of hydrogen-bond acceptors (Lipinski definition) is 3. The number of nitrogens with zero attached hydrogens (tertiary/aromatic N) is 1. The van der Waals surface area contributed by atoms with E-state index in [-0.39, 0.29) is 5.41 Å². The van der Waals surface area contributed by atoms with E-state index in [1.807, 2.05) is 13.1 Å². The molecule has 0 saturated carbocycles. The van der Waals surface area contributed by atoms with Gasteiger partial charge >= 0.3 is 0 Å². The number of carbonyl (C=O) groups is 1.